The second-order valence-electron chi connectivity index (χ2n) is 8.03. The number of benzene rings is 1. The molecule has 28 heavy (non-hydrogen) atoms. The molecule has 2 aromatic heterocycles. The maximum absolute atomic E-state index is 12.6. The van der Waals surface area contributed by atoms with Crippen molar-refractivity contribution in [1.29, 1.82) is 0 Å². The van der Waals surface area contributed by atoms with Gasteiger partial charge in [-0.05, 0) is 63.3 Å². The van der Waals surface area contributed by atoms with Gasteiger partial charge in [0.05, 0.1) is 11.8 Å². The predicted octanol–water partition coefficient (Wildman–Crippen LogP) is 3.81. The van der Waals surface area contributed by atoms with Gasteiger partial charge in [0.1, 0.15) is 11.3 Å². The molecule has 1 aliphatic heterocycles. The fourth-order valence-corrected chi connectivity index (χ4v) is 4.79. The lowest BCUT2D eigenvalue weighted by molar-refractivity contribution is -0.135. The Morgan fingerprint density at radius 3 is 2.79 bits per heavy atom. The highest BCUT2D eigenvalue weighted by Gasteiger charge is 2.36. The third kappa shape index (κ3) is 2.37. The van der Waals surface area contributed by atoms with Crippen molar-refractivity contribution < 1.29 is 13.9 Å². The number of nitrogens with zero attached hydrogens (tertiary/aromatic N) is 2. The van der Waals surface area contributed by atoms with Crippen LogP contribution in [0.5, 0.6) is 5.75 Å². The molecule has 0 spiro atoms. The summed E-state index contributed by atoms with van der Waals surface area (Å²) >= 11 is 0. The highest BCUT2D eigenvalue weighted by atomic mass is 16.5. The molecule has 3 heterocycles. The Balaban J connectivity index is 1.84. The molecule has 0 saturated carbocycles. The van der Waals surface area contributed by atoms with Crippen LogP contribution in [0.15, 0.2) is 27.5 Å². The van der Waals surface area contributed by atoms with E-state index in [0.717, 1.165) is 46.2 Å². The molecule has 6 heteroatoms. The van der Waals surface area contributed by atoms with Crippen molar-refractivity contribution in [3.05, 3.63) is 56.7 Å². The fourth-order valence-electron chi connectivity index (χ4n) is 4.79. The Morgan fingerprint density at radius 2 is 2.00 bits per heavy atom. The normalized spacial score (nSPS) is 18.4. The van der Waals surface area contributed by atoms with Gasteiger partial charge in [0, 0.05) is 35.0 Å². The molecule has 1 aromatic carbocycles. The van der Waals surface area contributed by atoms with Gasteiger partial charge in [0.25, 0.3) is 0 Å². The van der Waals surface area contributed by atoms with Gasteiger partial charge in [0.15, 0.2) is 0 Å². The molecule has 0 saturated heterocycles. The first-order valence-corrected chi connectivity index (χ1v) is 9.82. The highest BCUT2D eigenvalue weighted by Crippen LogP contribution is 2.47. The van der Waals surface area contributed by atoms with Crippen LogP contribution >= 0.6 is 0 Å². The van der Waals surface area contributed by atoms with Gasteiger partial charge in [0.2, 0.25) is 0 Å². The number of rotatable bonds is 2. The minimum absolute atomic E-state index is 0.130. The number of hydrogen-bond acceptors (Lipinski definition) is 5. The van der Waals surface area contributed by atoms with Crippen molar-refractivity contribution in [3.63, 3.8) is 0 Å². The lowest BCUT2D eigenvalue weighted by atomic mass is 9.84. The van der Waals surface area contributed by atoms with Crippen LogP contribution in [-0.4, -0.2) is 15.7 Å². The van der Waals surface area contributed by atoms with Crippen LogP contribution in [0.25, 0.3) is 11.0 Å². The quantitative estimate of drug-likeness (QED) is 0.385. The van der Waals surface area contributed by atoms with Gasteiger partial charge in [-0.3, -0.25) is 9.48 Å². The average molecular weight is 378 g/mol. The Labute approximate surface area is 162 Å². The van der Waals surface area contributed by atoms with E-state index in [2.05, 4.69) is 18.9 Å². The maximum atomic E-state index is 12.6. The molecule has 0 fully saturated rings. The molecule has 0 N–H and O–H groups in total. The summed E-state index contributed by atoms with van der Waals surface area (Å²) in [7, 11) is 0. The summed E-state index contributed by atoms with van der Waals surface area (Å²) in [5.41, 5.74) is 4.90. The van der Waals surface area contributed by atoms with Gasteiger partial charge in [-0.15, -0.1) is 0 Å². The standard InChI is InChI=1S/C22H22N2O4/c1-11(2)24-16(7-8-23-24)15-10-18(25)28-21-19(15)12(3)9-17-20(21)13-5-4-6-14(13)22(26)27-17/h7-9,11,15H,4-6,10H2,1-3H3/t15-/m0/s1. The predicted molar refractivity (Wildman–Crippen MR) is 104 cm³/mol. The number of ether oxygens (including phenoxy) is 1. The summed E-state index contributed by atoms with van der Waals surface area (Å²) in [5.74, 6) is 0.169. The number of hydrogen-bond donors (Lipinski definition) is 0. The number of carbonyl (C=O) groups is 1. The Hall–Kier alpha value is -2.89. The van der Waals surface area contributed by atoms with Gasteiger partial charge in [-0.2, -0.15) is 5.10 Å². The van der Waals surface area contributed by atoms with Crippen molar-refractivity contribution in [3.8, 4) is 5.75 Å². The molecule has 1 aliphatic carbocycles. The summed E-state index contributed by atoms with van der Waals surface area (Å²) in [6.45, 7) is 6.13. The van der Waals surface area contributed by atoms with E-state index in [1.165, 1.54) is 0 Å². The molecular formula is C22H22N2O4. The summed E-state index contributed by atoms with van der Waals surface area (Å²) in [6.07, 6.45) is 4.49. The van der Waals surface area contributed by atoms with E-state index in [1.54, 1.807) is 6.20 Å². The molecule has 6 nitrogen and oxygen atoms in total. The second kappa shape index (κ2) is 6.06. The molecule has 0 unspecified atom stereocenters. The van der Waals surface area contributed by atoms with Gasteiger partial charge < -0.3 is 9.15 Å². The van der Waals surface area contributed by atoms with Crippen LogP contribution in [-0.2, 0) is 17.6 Å². The van der Waals surface area contributed by atoms with Crippen LogP contribution in [0.2, 0.25) is 0 Å². The highest BCUT2D eigenvalue weighted by molar-refractivity contribution is 5.94. The number of fused-ring (bicyclic) bond motifs is 5. The molecule has 1 atom stereocenters. The Kier molecular flexibility index (Phi) is 3.73. The van der Waals surface area contributed by atoms with E-state index >= 15 is 0 Å². The van der Waals surface area contributed by atoms with E-state index in [-0.39, 0.29) is 30.0 Å². The molecule has 3 aromatic rings. The number of esters is 1. The van der Waals surface area contributed by atoms with Crippen LogP contribution in [0, 0.1) is 6.92 Å². The molecule has 144 valence electrons. The lowest BCUT2D eigenvalue weighted by Crippen LogP contribution is -2.25. The first kappa shape index (κ1) is 17.2. The summed E-state index contributed by atoms with van der Waals surface area (Å²) in [5, 5.41) is 5.25. The number of carbonyl (C=O) groups excluding carboxylic acids is 1. The monoisotopic (exact) mass is 378 g/mol. The van der Waals surface area contributed by atoms with Crippen molar-refractivity contribution in [2.24, 2.45) is 0 Å². The van der Waals surface area contributed by atoms with Crippen LogP contribution in [0.3, 0.4) is 0 Å². The zero-order valence-electron chi connectivity index (χ0n) is 16.2. The van der Waals surface area contributed by atoms with E-state index in [9.17, 15) is 9.59 Å². The van der Waals surface area contributed by atoms with E-state index in [0.29, 0.717) is 17.8 Å². The zero-order valence-corrected chi connectivity index (χ0v) is 16.2. The summed E-state index contributed by atoms with van der Waals surface area (Å²) < 4.78 is 13.4. The largest absolute Gasteiger partial charge is 0.425 e. The first-order chi connectivity index (χ1) is 13.5. The van der Waals surface area contributed by atoms with Gasteiger partial charge >= 0.3 is 11.6 Å². The van der Waals surface area contributed by atoms with Crippen molar-refractivity contribution >= 4 is 16.9 Å². The van der Waals surface area contributed by atoms with Crippen molar-refractivity contribution in [2.75, 3.05) is 0 Å². The summed E-state index contributed by atoms with van der Waals surface area (Å²) in [6, 6.07) is 4.08. The lowest BCUT2D eigenvalue weighted by Gasteiger charge is -2.29. The molecule has 0 bridgehead atoms. The third-order valence-corrected chi connectivity index (χ3v) is 5.94. The summed E-state index contributed by atoms with van der Waals surface area (Å²) in [4.78, 5) is 24.9. The minimum Gasteiger partial charge on any atom is -0.425 e. The van der Waals surface area contributed by atoms with Crippen LogP contribution < -0.4 is 10.4 Å². The minimum atomic E-state index is -0.268. The van der Waals surface area contributed by atoms with Crippen molar-refractivity contribution in [2.45, 2.75) is 58.4 Å². The Morgan fingerprint density at radius 1 is 1.21 bits per heavy atom. The molecule has 2 aliphatic rings. The third-order valence-electron chi connectivity index (χ3n) is 5.94. The average Bonchev–Trinajstić information content (AvgIpc) is 3.30. The Bertz CT molecular complexity index is 1190. The van der Waals surface area contributed by atoms with E-state index in [1.807, 2.05) is 23.7 Å². The van der Waals surface area contributed by atoms with E-state index < -0.39 is 0 Å². The van der Waals surface area contributed by atoms with E-state index in [4.69, 9.17) is 9.15 Å². The molecular weight excluding hydrogens is 356 g/mol. The van der Waals surface area contributed by atoms with Gasteiger partial charge in [-0.1, -0.05) is 0 Å². The maximum Gasteiger partial charge on any atom is 0.339 e. The molecule has 0 amide bonds. The zero-order chi connectivity index (χ0) is 19.6. The second-order valence-corrected chi connectivity index (χ2v) is 8.03. The SMILES string of the molecule is Cc1cc2oc(=O)c3c(c2c2c1[C@H](c1ccnn1C(C)C)CC(=O)O2)CCC3. The topological polar surface area (TPSA) is 74.3 Å². The van der Waals surface area contributed by atoms with Crippen LogP contribution in [0.1, 0.15) is 66.6 Å². The number of aryl methyl sites for hydroxylation is 2. The van der Waals surface area contributed by atoms with Crippen LogP contribution in [0.4, 0.5) is 0 Å². The molecule has 0 radical (unpaired) electrons. The first-order valence-electron chi connectivity index (χ1n) is 9.82. The fraction of sp³-hybridized carbons (Fsp3) is 0.409. The smallest absolute Gasteiger partial charge is 0.339 e. The van der Waals surface area contributed by atoms with Gasteiger partial charge in [-0.25, -0.2) is 4.79 Å². The molecule has 5 rings (SSSR count). The number of aromatic nitrogens is 2. The van der Waals surface area contributed by atoms with Crippen molar-refractivity contribution in [1.82, 2.24) is 9.78 Å².